The number of hydrogen-bond acceptors (Lipinski definition) is 4. The fourth-order valence-corrected chi connectivity index (χ4v) is 1.53. The van der Waals surface area contributed by atoms with Crippen molar-refractivity contribution in [3.63, 3.8) is 0 Å². The van der Waals surface area contributed by atoms with Gasteiger partial charge in [-0.3, -0.25) is 0 Å². The van der Waals surface area contributed by atoms with Crippen LogP contribution in [0.5, 0.6) is 0 Å². The quantitative estimate of drug-likeness (QED) is 0.700. The largest absolute Gasteiger partial charge is 0.382 e. The third-order valence-electron chi connectivity index (χ3n) is 2.27. The van der Waals surface area contributed by atoms with Crippen LogP contribution >= 0.6 is 0 Å². The molecule has 0 aliphatic rings. The lowest BCUT2D eigenvalue weighted by Crippen LogP contribution is -2.14. The molecule has 0 saturated heterocycles. The van der Waals surface area contributed by atoms with Gasteiger partial charge in [0.1, 0.15) is 6.10 Å². The van der Waals surface area contributed by atoms with Gasteiger partial charge in [-0.2, -0.15) is 0 Å². The summed E-state index contributed by atoms with van der Waals surface area (Å²) in [7, 11) is 3.28. The van der Waals surface area contributed by atoms with Crippen molar-refractivity contribution in [1.29, 1.82) is 0 Å². The average molecular weight is 211 g/mol. The first-order valence-corrected chi connectivity index (χ1v) is 4.80. The summed E-state index contributed by atoms with van der Waals surface area (Å²) in [4.78, 5) is 0. The number of methoxy groups -OCH3 is 2. The average Bonchev–Trinajstić information content (AvgIpc) is 2.27. The Morgan fingerprint density at radius 1 is 1.33 bits per heavy atom. The molecule has 0 aromatic heterocycles. The van der Waals surface area contributed by atoms with E-state index in [2.05, 4.69) is 5.48 Å². The van der Waals surface area contributed by atoms with Gasteiger partial charge in [0.15, 0.2) is 0 Å². The zero-order valence-electron chi connectivity index (χ0n) is 9.06. The van der Waals surface area contributed by atoms with Gasteiger partial charge < -0.3 is 14.7 Å². The molecule has 0 aliphatic carbocycles. The summed E-state index contributed by atoms with van der Waals surface area (Å²) in [6.45, 7) is 0.901. The molecule has 4 nitrogen and oxygen atoms in total. The summed E-state index contributed by atoms with van der Waals surface area (Å²) in [6.07, 6.45) is -0.0976. The predicted octanol–water partition coefficient (Wildman–Crippen LogP) is 1.50. The molecule has 1 aromatic rings. The maximum Gasteiger partial charge on any atom is 0.106 e. The van der Waals surface area contributed by atoms with Crippen LogP contribution in [-0.4, -0.2) is 26.0 Å². The van der Waals surface area contributed by atoms with E-state index in [0.29, 0.717) is 13.2 Å². The Morgan fingerprint density at radius 3 is 2.67 bits per heavy atom. The minimum Gasteiger partial charge on any atom is -0.382 e. The van der Waals surface area contributed by atoms with Crippen molar-refractivity contribution in [3.8, 4) is 0 Å². The highest BCUT2D eigenvalue weighted by Crippen LogP contribution is 2.21. The molecule has 1 unspecified atom stereocenters. The summed E-state index contributed by atoms with van der Waals surface area (Å²) in [5.41, 5.74) is 4.18. The van der Waals surface area contributed by atoms with E-state index < -0.39 is 0 Å². The molecule has 4 heteroatoms. The van der Waals surface area contributed by atoms with Crippen LogP contribution in [-0.2, 0) is 16.0 Å². The maximum atomic E-state index is 8.71. The van der Waals surface area contributed by atoms with Crippen LogP contribution in [0, 0.1) is 0 Å². The molecule has 84 valence electrons. The van der Waals surface area contributed by atoms with Crippen molar-refractivity contribution in [2.75, 3.05) is 20.8 Å². The topological polar surface area (TPSA) is 50.7 Å². The molecule has 0 spiro atoms. The highest BCUT2D eigenvalue weighted by atomic mass is 16.5. The Labute approximate surface area is 89.8 Å². The van der Waals surface area contributed by atoms with Crippen LogP contribution in [0.1, 0.15) is 17.2 Å². The van der Waals surface area contributed by atoms with Gasteiger partial charge >= 0.3 is 0 Å². The molecule has 0 amide bonds. The normalized spacial score (nSPS) is 12.7. The second-order valence-corrected chi connectivity index (χ2v) is 3.21. The number of hydrogen-bond donors (Lipinski definition) is 2. The highest BCUT2D eigenvalue weighted by Gasteiger charge is 2.13. The van der Waals surface area contributed by atoms with E-state index >= 15 is 0 Å². The first kappa shape index (κ1) is 12.1. The fraction of sp³-hybridized carbons (Fsp3) is 0.455. The second kappa shape index (κ2) is 6.53. The summed E-state index contributed by atoms with van der Waals surface area (Å²) in [6, 6.07) is 7.79. The van der Waals surface area contributed by atoms with Gasteiger partial charge in [0.2, 0.25) is 0 Å². The molecule has 0 saturated carbocycles. The second-order valence-electron chi connectivity index (χ2n) is 3.21. The van der Waals surface area contributed by atoms with Crippen LogP contribution in [0.4, 0.5) is 0 Å². The first-order chi connectivity index (χ1) is 7.33. The highest BCUT2D eigenvalue weighted by molar-refractivity contribution is 5.29. The van der Waals surface area contributed by atoms with Crippen molar-refractivity contribution in [1.82, 2.24) is 5.48 Å². The smallest absolute Gasteiger partial charge is 0.106 e. The van der Waals surface area contributed by atoms with Crippen LogP contribution in [0.25, 0.3) is 0 Å². The third-order valence-corrected chi connectivity index (χ3v) is 2.27. The standard InChI is InChI=1S/C11H17NO3/c1-14-8-11(15-2)10-6-4-3-5-9(10)7-12-13/h3-6,11-13H,7-8H2,1-2H3. The van der Waals surface area contributed by atoms with Crippen molar-refractivity contribution in [2.45, 2.75) is 12.6 Å². The zero-order chi connectivity index (χ0) is 11.1. The molecular formula is C11H17NO3. The first-order valence-electron chi connectivity index (χ1n) is 4.80. The number of nitrogens with one attached hydrogen (secondary N) is 1. The van der Waals surface area contributed by atoms with E-state index in [1.807, 2.05) is 24.3 Å². The monoisotopic (exact) mass is 211 g/mol. The van der Waals surface area contributed by atoms with Crippen LogP contribution in [0.2, 0.25) is 0 Å². The molecule has 1 aromatic carbocycles. The minimum absolute atomic E-state index is 0.0976. The molecule has 0 bridgehead atoms. The Morgan fingerprint density at radius 2 is 2.07 bits per heavy atom. The molecular weight excluding hydrogens is 194 g/mol. The maximum absolute atomic E-state index is 8.71. The number of hydroxylamine groups is 1. The molecule has 0 aliphatic heterocycles. The zero-order valence-corrected chi connectivity index (χ0v) is 9.06. The van der Waals surface area contributed by atoms with Crippen LogP contribution < -0.4 is 5.48 Å². The molecule has 2 N–H and O–H groups in total. The Balaban J connectivity index is 2.88. The lowest BCUT2D eigenvalue weighted by molar-refractivity contribution is 0.0265. The molecule has 0 heterocycles. The van der Waals surface area contributed by atoms with Gasteiger partial charge in [-0.05, 0) is 11.1 Å². The predicted molar refractivity (Wildman–Crippen MR) is 56.7 cm³/mol. The summed E-state index contributed by atoms with van der Waals surface area (Å²) in [5.74, 6) is 0. The van der Waals surface area contributed by atoms with Gasteiger partial charge in [-0.15, -0.1) is 0 Å². The Kier molecular flexibility index (Phi) is 5.28. The molecule has 0 fully saturated rings. The number of rotatable bonds is 6. The van der Waals surface area contributed by atoms with Crippen LogP contribution in [0.15, 0.2) is 24.3 Å². The van der Waals surface area contributed by atoms with Crippen LogP contribution in [0.3, 0.4) is 0 Å². The van der Waals surface area contributed by atoms with Gasteiger partial charge in [0.25, 0.3) is 0 Å². The van der Waals surface area contributed by atoms with E-state index in [0.717, 1.165) is 11.1 Å². The SMILES string of the molecule is COCC(OC)c1ccccc1CNO. The van der Waals surface area contributed by atoms with E-state index in [1.165, 1.54) is 0 Å². The number of ether oxygens (including phenoxy) is 2. The van der Waals surface area contributed by atoms with Gasteiger partial charge in [0.05, 0.1) is 6.61 Å². The van der Waals surface area contributed by atoms with Crippen molar-refractivity contribution >= 4 is 0 Å². The third kappa shape index (κ3) is 3.28. The van der Waals surface area contributed by atoms with Gasteiger partial charge in [-0.1, -0.05) is 24.3 Å². The summed E-state index contributed by atoms with van der Waals surface area (Å²) >= 11 is 0. The van der Waals surface area contributed by atoms with Crippen molar-refractivity contribution in [3.05, 3.63) is 35.4 Å². The van der Waals surface area contributed by atoms with Gasteiger partial charge in [0, 0.05) is 20.8 Å². The van der Waals surface area contributed by atoms with Crippen molar-refractivity contribution in [2.24, 2.45) is 0 Å². The van der Waals surface area contributed by atoms with E-state index in [4.69, 9.17) is 14.7 Å². The van der Waals surface area contributed by atoms with Crippen molar-refractivity contribution < 1.29 is 14.7 Å². The molecule has 0 radical (unpaired) electrons. The Bertz CT molecular complexity index is 291. The van der Waals surface area contributed by atoms with Gasteiger partial charge in [-0.25, -0.2) is 5.48 Å². The lowest BCUT2D eigenvalue weighted by Gasteiger charge is -2.18. The van der Waals surface area contributed by atoms with E-state index in [1.54, 1.807) is 14.2 Å². The van der Waals surface area contributed by atoms with E-state index in [-0.39, 0.29) is 6.10 Å². The summed E-state index contributed by atoms with van der Waals surface area (Å²) in [5, 5.41) is 8.71. The lowest BCUT2D eigenvalue weighted by atomic mass is 10.0. The fourth-order valence-electron chi connectivity index (χ4n) is 1.53. The Hall–Kier alpha value is -0.940. The summed E-state index contributed by atoms with van der Waals surface area (Å²) < 4.78 is 10.4. The minimum atomic E-state index is -0.0976. The van der Waals surface area contributed by atoms with E-state index in [9.17, 15) is 0 Å². The molecule has 1 atom stereocenters. The molecule has 15 heavy (non-hydrogen) atoms. The molecule has 1 rings (SSSR count). The number of benzene rings is 1.